The Morgan fingerprint density at radius 3 is 2.42 bits per heavy atom. The summed E-state index contributed by atoms with van der Waals surface area (Å²) in [6.45, 7) is 1.25. The Bertz CT molecular complexity index is 639. The molecule has 128 valence electrons. The average molecular weight is 323 g/mol. The van der Waals surface area contributed by atoms with Gasteiger partial charge in [0.1, 0.15) is 0 Å². The zero-order valence-electron chi connectivity index (χ0n) is 15.5. The Kier molecular flexibility index (Phi) is 5.40. The summed E-state index contributed by atoms with van der Waals surface area (Å²) in [7, 11) is 6.90. The molecule has 1 heteroatoms. The van der Waals surface area contributed by atoms with Crippen LogP contribution >= 0.6 is 0 Å². The first kappa shape index (κ1) is 17.2. The van der Waals surface area contributed by atoms with Crippen LogP contribution in [0.1, 0.15) is 54.2 Å². The maximum absolute atomic E-state index is 2.38. The summed E-state index contributed by atoms with van der Waals surface area (Å²) in [4.78, 5) is 0. The number of quaternary nitrogens is 1. The van der Waals surface area contributed by atoms with Crippen LogP contribution in [0.2, 0.25) is 0 Å². The fourth-order valence-electron chi connectivity index (χ4n) is 4.30. The normalized spacial score (nSPS) is 18.9. The van der Waals surface area contributed by atoms with Gasteiger partial charge in [-0.1, -0.05) is 54.6 Å². The van der Waals surface area contributed by atoms with Crippen molar-refractivity contribution in [3.63, 3.8) is 0 Å². The second-order valence-electron chi connectivity index (χ2n) is 8.37. The van der Waals surface area contributed by atoms with Crippen molar-refractivity contribution in [2.45, 2.75) is 43.9 Å². The highest BCUT2D eigenvalue weighted by atomic mass is 15.3. The summed E-state index contributed by atoms with van der Waals surface area (Å²) >= 11 is 0. The predicted octanol–water partition coefficient (Wildman–Crippen LogP) is 5.38. The monoisotopic (exact) mass is 322 g/mol. The van der Waals surface area contributed by atoms with Gasteiger partial charge in [0.15, 0.2) is 0 Å². The molecule has 0 fully saturated rings. The van der Waals surface area contributed by atoms with E-state index in [1.165, 1.54) is 44.2 Å². The third-order valence-corrected chi connectivity index (χ3v) is 5.47. The molecule has 0 amide bonds. The number of fused-ring (bicyclic) bond motifs is 1. The second kappa shape index (κ2) is 7.53. The number of hydrogen-bond donors (Lipinski definition) is 0. The van der Waals surface area contributed by atoms with Gasteiger partial charge in [0, 0.05) is 0 Å². The molecule has 2 atom stereocenters. The summed E-state index contributed by atoms with van der Waals surface area (Å²) < 4.78 is 1.06. The molecule has 1 nitrogen and oxygen atoms in total. The SMILES string of the molecule is C[N+](C)(C)CCCC(c1ccccc1)C1CCCc2ccccc21. The lowest BCUT2D eigenvalue weighted by Crippen LogP contribution is -2.35. The Balaban J connectivity index is 1.85. The minimum absolute atomic E-state index is 0.652. The van der Waals surface area contributed by atoms with E-state index in [1.54, 1.807) is 11.1 Å². The second-order valence-corrected chi connectivity index (χ2v) is 8.37. The molecule has 0 aromatic heterocycles. The van der Waals surface area contributed by atoms with E-state index in [1.807, 2.05) is 0 Å². The fraction of sp³-hybridized carbons (Fsp3) is 0.478. The zero-order chi connectivity index (χ0) is 17.0. The third-order valence-electron chi connectivity index (χ3n) is 5.47. The third kappa shape index (κ3) is 4.27. The molecular weight excluding hydrogens is 290 g/mol. The van der Waals surface area contributed by atoms with Crippen LogP contribution < -0.4 is 0 Å². The molecule has 2 unspecified atom stereocenters. The predicted molar refractivity (Wildman–Crippen MR) is 103 cm³/mol. The van der Waals surface area contributed by atoms with Crippen LogP contribution in [0.5, 0.6) is 0 Å². The van der Waals surface area contributed by atoms with Crippen LogP contribution in [0.25, 0.3) is 0 Å². The maximum atomic E-state index is 2.38. The molecule has 1 aliphatic rings. The van der Waals surface area contributed by atoms with Gasteiger partial charge in [0.2, 0.25) is 0 Å². The number of rotatable bonds is 6. The molecule has 0 radical (unpaired) electrons. The van der Waals surface area contributed by atoms with Crippen molar-refractivity contribution in [2.24, 2.45) is 0 Å². The van der Waals surface area contributed by atoms with Crippen molar-refractivity contribution >= 4 is 0 Å². The standard InChI is InChI=1S/C23H32N/c1-24(2,3)18-10-17-22(19-11-5-4-6-12-19)23-16-9-14-20-13-7-8-15-21(20)23/h4-8,11-13,15,22-23H,9-10,14,16-18H2,1-3H3/q+1. The van der Waals surface area contributed by atoms with Gasteiger partial charge in [-0.2, -0.15) is 0 Å². The molecule has 0 aliphatic heterocycles. The van der Waals surface area contributed by atoms with E-state index in [-0.39, 0.29) is 0 Å². The van der Waals surface area contributed by atoms with Gasteiger partial charge in [-0.25, -0.2) is 0 Å². The smallest absolute Gasteiger partial charge is 0.0780 e. The van der Waals surface area contributed by atoms with E-state index < -0.39 is 0 Å². The first-order valence-electron chi connectivity index (χ1n) is 9.48. The van der Waals surface area contributed by atoms with E-state index in [0.717, 1.165) is 4.48 Å². The molecule has 1 aliphatic carbocycles. The van der Waals surface area contributed by atoms with Crippen molar-refractivity contribution in [2.75, 3.05) is 27.7 Å². The summed E-state index contributed by atoms with van der Waals surface area (Å²) in [5.74, 6) is 1.34. The van der Waals surface area contributed by atoms with E-state index in [4.69, 9.17) is 0 Å². The molecule has 0 heterocycles. The Labute approximate surface area is 147 Å². The first-order chi connectivity index (χ1) is 11.5. The Hall–Kier alpha value is -1.60. The van der Waals surface area contributed by atoms with Gasteiger partial charge < -0.3 is 4.48 Å². The van der Waals surface area contributed by atoms with Gasteiger partial charge in [-0.05, 0) is 60.6 Å². The van der Waals surface area contributed by atoms with Crippen molar-refractivity contribution in [1.29, 1.82) is 0 Å². The van der Waals surface area contributed by atoms with Crippen molar-refractivity contribution in [3.8, 4) is 0 Å². The lowest BCUT2D eigenvalue weighted by Gasteiger charge is -2.34. The van der Waals surface area contributed by atoms with E-state index in [9.17, 15) is 0 Å². The van der Waals surface area contributed by atoms with Gasteiger partial charge in [0.05, 0.1) is 27.7 Å². The summed E-state index contributed by atoms with van der Waals surface area (Å²) in [5, 5.41) is 0. The van der Waals surface area contributed by atoms with Crippen LogP contribution in [0.3, 0.4) is 0 Å². The van der Waals surface area contributed by atoms with Crippen LogP contribution in [-0.4, -0.2) is 32.2 Å². The molecule has 0 spiro atoms. The van der Waals surface area contributed by atoms with E-state index >= 15 is 0 Å². The van der Waals surface area contributed by atoms with Crippen LogP contribution in [0.4, 0.5) is 0 Å². The molecule has 0 saturated heterocycles. The minimum atomic E-state index is 0.652. The van der Waals surface area contributed by atoms with Crippen molar-refractivity contribution in [3.05, 3.63) is 71.3 Å². The first-order valence-corrected chi connectivity index (χ1v) is 9.48. The van der Waals surface area contributed by atoms with Gasteiger partial charge >= 0.3 is 0 Å². The highest BCUT2D eigenvalue weighted by Gasteiger charge is 2.29. The quantitative estimate of drug-likeness (QED) is 0.627. The van der Waals surface area contributed by atoms with Crippen molar-refractivity contribution < 1.29 is 4.48 Å². The molecule has 0 N–H and O–H groups in total. The van der Waals surface area contributed by atoms with E-state index in [0.29, 0.717) is 11.8 Å². The van der Waals surface area contributed by atoms with Gasteiger partial charge in [0.25, 0.3) is 0 Å². The summed E-state index contributed by atoms with van der Waals surface area (Å²) in [6, 6.07) is 20.4. The van der Waals surface area contributed by atoms with Gasteiger partial charge in [-0.3, -0.25) is 0 Å². The van der Waals surface area contributed by atoms with Crippen molar-refractivity contribution in [1.82, 2.24) is 0 Å². The summed E-state index contributed by atoms with van der Waals surface area (Å²) in [5.41, 5.74) is 4.73. The van der Waals surface area contributed by atoms with Crippen LogP contribution in [0.15, 0.2) is 54.6 Å². The lowest BCUT2D eigenvalue weighted by atomic mass is 9.72. The van der Waals surface area contributed by atoms with Crippen LogP contribution in [0, 0.1) is 0 Å². The fourth-order valence-corrected chi connectivity index (χ4v) is 4.30. The maximum Gasteiger partial charge on any atom is 0.0780 e. The lowest BCUT2D eigenvalue weighted by molar-refractivity contribution is -0.870. The largest absolute Gasteiger partial charge is 0.331 e. The number of nitrogens with zero attached hydrogens (tertiary/aromatic N) is 1. The molecule has 0 bridgehead atoms. The Morgan fingerprint density at radius 2 is 1.67 bits per heavy atom. The minimum Gasteiger partial charge on any atom is -0.331 e. The van der Waals surface area contributed by atoms with Crippen LogP contribution in [-0.2, 0) is 6.42 Å². The molecule has 2 aromatic carbocycles. The molecule has 24 heavy (non-hydrogen) atoms. The molecular formula is C23H32N+. The molecule has 2 aromatic rings. The number of aryl methyl sites for hydroxylation is 1. The average Bonchev–Trinajstić information content (AvgIpc) is 2.58. The topological polar surface area (TPSA) is 0 Å². The van der Waals surface area contributed by atoms with E-state index in [2.05, 4.69) is 75.7 Å². The highest BCUT2D eigenvalue weighted by Crippen LogP contribution is 2.43. The molecule has 0 saturated carbocycles. The molecule has 3 rings (SSSR count). The Morgan fingerprint density at radius 1 is 0.958 bits per heavy atom. The summed E-state index contributed by atoms with van der Waals surface area (Å²) in [6.07, 6.45) is 6.51. The number of benzene rings is 2. The number of hydrogen-bond acceptors (Lipinski definition) is 0. The highest BCUT2D eigenvalue weighted by molar-refractivity contribution is 5.36. The zero-order valence-corrected chi connectivity index (χ0v) is 15.5. The van der Waals surface area contributed by atoms with Gasteiger partial charge in [-0.15, -0.1) is 0 Å².